The van der Waals surface area contributed by atoms with Crippen LogP contribution >= 0.6 is 7.82 Å². The van der Waals surface area contributed by atoms with E-state index in [2.05, 4.69) is 74.6 Å². The molecule has 58 heavy (non-hydrogen) atoms. The van der Waals surface area contributed by atoms with E-state index in [1.54, 1.807) is 0 Å². The van der Waals surface area contributed by atoms with E-state index in [0.29, 0.717) is 23.9 Å². The number of allylic oxidation sites excluding steroid dienone is 10. The van der Waals surface area contributed by atoms with Crippen molar-refractivity contribution in [2.24, 2.45) is 0 Å². The van der Waals surface area contributed by atoms with Crippen LogP contribution in [0.1, 0.15) is 181 Å². The lowest BCUT2D eigenvalue weighted by Gasteiger charge is -2.24. The number of esters is 2. The maximum Gasteiger partial charge on any atom is 0.472 e. The second kappa shape index (κ2) is 40.1. The average Bonchev–Trinajstić information content (AvgIpc) is 3.17. The van der Waals surface area contributed by atoms with Crippen LogP contribution in [0.4, 0.5) is 0 Å². The number of carbonyl (C=O) groups excluding carboxylic acids is 2. The van der Waals surface area contributed by atoms with Crippen molar-refractivity contribution in [2.45, 2.75) is 187 Å². The quantitative estimate of drug-likeness (QED) is 0.0213. The molecule has 1 unspecified atom stereocenters. The Bertz CT molecular complexity index is 1170. The fraction of sp³-hybridized carbons (Fsp3) is 0.750. The normalized spacial score (nSPS) is 14.1. The second-order valence-corrected chi connectivity index (χ2v) is 17.9. The van der Waals surface area contributed by atoms with Gasteiger partial charge in [-0.25, -0.2) is 4.57 Å². The van der Waals surface area contributed by atoms with Crippen LogP contribution < -0.4 is 0 Å². The van der Waals surface area contributed by atoms with Crippen molar-refractivity contribution in [3.63, 3.8) is 0 Å². The molecule has 0 heterocycles. The number of phosphoric ester groups is 1. The molecular formula is C48H87NO8P+. The molecule has 336 valence electrons. The van der Waals surface area contributed by atoms with Crippen LogP contribution in [-0.4, -0.2) is 74.9 Å². The van der Waals surface area contributed by atoms with Crippen molar-refractivity contribution in [2.75, 3.05) is 47.5 Å². The first-order valence-corrected chi connectivity index (χ1v) is 24.5. The van der Waals surface area contributed by atoms with Gasteiger partial charge in [-0.2, -0.15) is 0 Å². The lowest BCUT2D eigenvalue weighted by atomic mass is 10.1. The molecule has 0 aliphatic heterocycles. The molecule has 9 nitrogen and oxygen atoms in total. The fourth-order valence-corrected chi connectivity index (χ4v) is 6.61. The van der Waals surface area contributed by atoms with Gasteiger partial charge < -0.3 is 18.9 Å². The molecule has 0 rings (SSSR count). The maximum absolute atomic E-state index is 12.7. The lowest BCUT2D eigenvalue weighted by molar-refractivity contribution is -0.870. The monoisotopic (exact) mass is 837 g/mol. The van der Waals surface area contributed by atoms with Gasteiger partial charge >= 0.3 is 19.8 Å². The van der Waals surface area contributed by atoms with Crippen molar-refractivity contribution < 1.29 is 42.1 Å². The highest BCUT2D eigenvalue weighted by Gasteiger charge is 2.27. The van der Waals surface area contributed by atoms with Gasteiger partial charge in [-0.3, -0.25) is 18.6 Å². The van der Waals surface area contributed by atoms with Crippen molar-refractivity contribution in [3.8, 4) is 0 Å². The summed E-state index contributed by atoms with van der Waals surface area (Å²) in [5.41, 5.74) is 0. The van der Waals surface area contributed by atoms with Crippen LogP contribution in [0.5, 0.6) is 0 Å². The molecule has 0 bridgehead atoms. The van der Waals surface area contributed by atoms with Crippen LogP contribution in [0.2, 0.25) is 0 Å². The molecule has 0 aromatic rings. The zero-order valence-electron chi connectivity index (χ0n) is 37.8. The molecule has 0 aromatic carbocycles. The second-order valence-electron chi connectivity index (χ2n) is 16.4. The van der Waals surface area contributed by atoms with Gasteiger partial charge in [-0.05, 0) is 83.5 Å². The fourth-order valence-electron chi connectivity index (χ4n) is 5.87. The molecule has 10 heteroatoms. The van der Waals surface area contributed by atoms with Gasteiger partial charge in [0.1, 0.15) is 19.8 Å². The number of likely N-dealkylation sites (N-methyl/N-ethyl adjacent to an activating group) is 1. The predicted octanol–water partition coefficient (Wildman–Crippen LogP) is 13.2. The largest absolute Gasteiger partial charge is 0.472 e. The van der Waals surface area contributed by atoms with E-state index >= 15 is 0 Å². The number of phosphoric acid groups is 1. The Morgan fingerprint density at radius 1 is 0.534 bits per heavy atom. The highest BCUT2D eigenvalue weighted by Crippen LogP contribution is 2.43. The molecule has 0 amide bonds. The molecular weight excluding hydrogens is 750 g/mol. The molecule has 0 saturated heterocycles. The summed E-state index contributed by atoms with van der Waals surface area (Å²) in [6.45, 7) is 4.33. The number of carbonyl (C=O) groups is 2. The Morgan fingerprint density at radius 3 is 1.47 bits per heavy atom. The zero-order chi connectivity index (χ0) is 42.8. The number of hydrogen-bond acceptors (Lipinski definition) is 7. The van der Waals surface area contributed by atoms with Gasteiger partial charge in [0, 0.05) is 12.8 Å². The molecule has 0 saturated carbocycles. The van der Waals surface area contributed by atoms with E-state index in [1.807, 2.05) is 21.1 Å². The third-order valence-electron chi connectivity index (χ3n) is 9.52. The van der Waals surface area contributed by atoms with E-state index in [4.69, 9.17) is 18.5 Å². The van der Waals surface area contributed by atoms with Crippen LogP contribution in [0.15, 0.2) is 60.8 Å². The van der Waals surface area contributed by atoms with Crippen molar-refractivity contribution in [1.82, 2.24) is 0 Å². The van der Waals surface area contributed by atoms with Gasteiger partial charge in [0.25, 0.3) is 0 Å². The van der Waals surface area contributed by atoms with Crippen molar-refractivity contribution >= 4 is 19.8 Å². The molecule has 0 aromatic heterocycles. The van der Waals surface area contributed by atoms with Gasteiger partial charge in [-0.15, -0.1) is 0 Å². The van der Waals surface area contributed by atoms with Gasteiger partial charge in [0.05, 0.1) is 27.7 Å². The van der Waals surface area contributed by atoms with Crippen LogP contribution in [-0.2, 0) is 32.7 Å². The Balaban J connectivity index is 4.43. The topological polar surface area (TPSA) is 108 Å². The minimum Gasteiger partial charge on any atom is -0.462 e. The molecule has 1 N–H and O–H groups in total. The summed E-state index contributed by atoms with van der Waals surface area (Å²) in [4.78, 5) is 35.4. The summed E-state index contributed by atoms with van der Waals surface area (Å²) in [6, 6.07) is 0. The van der Waals surface area contributed by atoms with E-state index in [-0.39, 0.29) is 26.1 Å². The zero-order valence-corrected chi connectivity index (χ0v) is 38.7. The first-order valence-electron chi connectivity index (χ1n) is 23.0. The van der Waals surface area contributed by atoms with E-state index in [9.17, 15) is 19.0 Å². The molecule has 2 atom stereocenters. The molecule has 0 fully saturated rings. The minimum atomic E-state index is -4.39. The molecule has 0 aliphatic carbocycles. The molecule has 0 spiro atoms. The first kappa shape index (κ1) is 55.7. The number of nitrogens with zero attached hydrogens (tertiary/aromatic N) is 1. The highest BCUT2D eigenvalue weighted by atomic mass is 31.2. The summed E-state index contributed by atoms with van der Waals surface area (Å²) in [6.07, 6.45) is 48.4. The maximum atomic E-state index is 12.7. The summed E-state index contributed by atoms with van der Waals surface area (Å²) in [5, 5.41) is 0. The summed E-state index contributed by atoms with van der Waals surface area (Å²) in [5.74, 6) is -0.863. The SMILES string of the molecule is CCCCC/C=C/C/C=C/C/C=C/C/C=C/CCCCCC(=O)OC[C@H](COP(=O)(O)OCC[N+](C)(C)C)OC(=O)CCCC/C=C/CCCCCCCCCCC. The van der Waals surface area contributed by atoms with Crippen molar-refractivity contribution in [1.29, 1.82) is 0 Å². The predicted molar refractivity (Wildman–Crippen MR) is 243 cm³/mol. The average molecular weight is 837 g/mol. The summed E-state index contributed by atoms with van der Waals surface area (Å²) >= 11 is 0. The number of rotatable bonds is 41. The summed E-state index contributed by atoms with van der Waals surface area (Å²) < 4.78 is 34.3. The van der Waals surface area contributed by atoms with Crippen LogP contribution in [0.25, 0.3) is 0 Å². The highest BCUT2D eigenvalue weighted by molar-refractivity contribution is 7.47. The standard InChI is InChI=1S/C48H86NO8P/c1-6-8-10-12-14-16-18-20-22-23-24-25-27-28-30-32-34-36-38-40-47(50)54-44-46(45-56-58(52,53)55-43-42-49(3,4)5)57-48(51)41-39-37-35-33-31-29-26-21-19-17-15-13-11-9-7-2/h14,16,20,22,24-25,28,30-31,33,46H,6-13,15,17-19,21,23,26-27,29,32,34-45H2,1-5H3/p+1/b16-14+,22-20+,25-24+,30-28+,33-31+/t46-/m1/s1. The minimum absolute atomic E-state index is 0.0206. The Labute approximate surface area is 356 Å². The summed E-state index contributed by atoms with van der Waals surface area (Å²) in [7, 11) is 1.44. The molecule has 0 aliphatic rings. The lowest BCUT2D eigenvalue weighted by Crippen LogP contribution is -2.37. The van der Waals surface area contributed by atoms with Crippen LogP contribution in [0.3, 0.4) is 0 Å². The number of ether oxygens (including phenoxy) is 2. The number of unbranched alkanes of at least 4 members (excludes halogenated alkanes) is 17. The van der Waals surface area contributed by atoms with E-state index in [1.165, 1.54) is 83.5 Å². The van der Waals surface area contributed by atoms with Crippen molar-refractivity contribution in [3.05, 3.63) is 60.8 Å². The number of quaternary nitrogens is 1. The van der Waals surface area contributed by atoms with Gasteiger partial charge in [-0.1, -0.05) is 145 Å². The third-order valence-corrected chi connectivity index (χ3v) is 10.5. The van der Waals surface area contributed by atoms with Crippen LogP contribution in [0, 0.1) is 0 Å². The molecule has 0 radical (unpaired) electrons. The van der Waals surface area contributed by atoms with E-state index < -0.39 is 32.5 Å². The Kier molecular flexibility index (Phi) is 38.5. The number of hydrogen-bond donors (Lipinski definition) is 1. The first-order chi connectivity index (χ1) is 28.0. The van der Waals surface area contributed by atoms with Gasteiger partial charge in [0.2, 0.25) is 0 Å². The smallest absolute Gasteiger partial charge is 0.462 e. The Hall–Kier alpha value is -2.29. The van der Waals surface area contributed by atoms with Gasteiger partial charge in [0.15, 0.2) is 6.10 Å². The third kappa shape index (κ3) is 43.3. The Morgan fingerprint density at radius 2 is 0.931 bits per heavy atom. The van der Waals surface area contributed by atoms with E-state index in [0.717, 1.165) is 57.8 Å².